The van der Waals surface area contributed by atoms with Crippen LogP contribution in [0.3, 0.4) is 0 Å². The Labute approximate surface area is 112 Å². The van der Waals surface area contributed by atoms with Crippen LogP contribution in [0.5, 0.6) is 0 Å². The Hall–Kier alpha value is -1.62. The standard InChI is InChI=1S/C14H20N2O3/c1-10-7-13(12(8-15-10)14(18)19)16-5-2-3-11(9-16)4-6-17/h7-8,11,17H,2-6,9H2,1H3,(H,18,19). The number of aryl methyl sites for hydroxylation is 1. The molecule has 0 bridgehead atoms. The lowest BCUT2D eigenvalue weighted by molar-refractivity contribution is 0.0697. The van der Waals surface area contributed by atoms with Gasteiger partial charge in [0.1, 0.15) is 5.56 Å². The molecular formula is C14H20N2O3. The molecule has 19 heavy (non-hydrogen) atoms. The topological polar surface area (TPSA) is 73.7 Å². The van der Waals surface area contributed by atoms with Crippen LogP contribution >= 0.6 is 0 Å². The number of hydrogen-bond donors (Lipinski definition) is 2. The summed E-state index contributed by atoms with van der Waals surface area (Å²) >= 11 is 0. The molecule has 1 saturated heterocycles. The number of aromatic carboxylic acids is 1. The van der Waals surface area contributed by atoms with Crippen molar-refractivity contribution in [3.05, 3.63) is 23.5 Å². The second kappa shape index (κ2) is 6.02. The largest absolute Gasteiger partial charge is 0.478 e. The number of hydrogen-bond acceptors (Lipinski definition) is 4. The first kappa shape index (κ1) is 13.8. The molecule has 5 nitrogen and oxygen atoms in total. The minimum atomic E-state index is -0.938. The van der Waals surface area contributed by atoms with Crippen LogP contribution in [-0.4, -0.2) is 40.9 Å². The molecule has 0 radical (unpaired) electrons. The molecule has 1 aromatic rings. The quantitative estimate of drug-likeness (QED) is 0.865. The van der Waals surface area contributed by atoms with Crippen molar-refractivity contribution < 1.29 is 15.0 Å². The Kier molecular flexibility index (Phi) is 4.37. The summed E-state index contributed by atoms with van der Waals surface area (Å²) in [6.07, 6.45) is 4.35. The van der Waals surface area contributed by atoms with E-state index in [2.05, 4.69) is 9.88 Å². The molecule has 1 unspecified atom stereocenters. The lowest BCUT2D eigenvalue weighted by Gasteiger charge is -2.35. The van der Waals surface area contributed by atoms with Crippen molar-refractivity contribution in [3.63, 3.8) is 0 Å². The van der Waals surface area contributed by atoms with Gasteiger partial charge >= 0.3 is 5.97 Å². The summed E-state index contributed by atoms with van der Waals surface area (Å²) in [7, 11) is 0. The molecule has 0 amide bonds. The summed E-state index contributed by atoms with van der Waals surface area (Å²) < 4.78 is 0. The van der Waals surface area contributed by atoms with Gasteiger partial charge in [0, 0.05) is 31.6 Å². The highest BCUT2D eigenvalue weighted by Crippen LogP contribution is 2.28. The fourth-order valence-corrected chi connectivity index (χ4v) is 2.67. The zero-order valence-electron chi connectivity index (χ0n) is 11.2. The molecule has 1 aliphatic rings. The second-order valence-electron chi connectivity index (χ2n) is 5.11. The molecule has 0 aromatic carbocycles. The molecule has 2 N–H and O–H groups in total. The van der Waals surface area contributed by atoms with Crippen LogP contribution in [0, 0.1) is 12.8 Å². The summed E-state index contributed by atoms with van der Waals surface area (Å²) in [5, 5.41) is 18.3. The van der Waals surface area contributed by atoms with E-state index in [1.807, 2.05) is 13.0 Å². The molecule has 1 aromatic heterocycles. The van der Waals surface area contributed by atoms with Crippen molar-refractivity contribution in [2.75, 3.05) is 24.6 Å². The minimum absolute atomic E-state index is 0.194. The molecule has 0 saturated carbocycles. The Balaban J connectivity index is 2.24. The normalized spacial score (nSPS) is 19.5. The van der Waals surface area contributed by atoms with Gasteiger partial charge in [-0.25, -0.2) is 4.79 Å². The first-order chi connectivity index (χ1) is 9.11. The van der Waals surface area contributed by atoms with Gasteiger partial charge < -0.3 is 15.1 Å². The van der Waals surface area contributed by atoms with Crippen LogP contribution in [0.15, 0.2) is 12.3 Å². The van der Waals surface area contributed by atoms with Crippen molar-refractivity contribution in [1.82, 2.24) is 4.98 Å². The van der Waals surface area contributed by atoms with Crippen molar-refractivity contribution >= 4 is 11.7 Å². The van der Waals surface area contributed by atoms with E-state index in [1.165, 1.54) is 6.20 Å². The Morgan fingerprint density at radius 1 is 1.58 bits per heavy atom. The number of aliphatic hydroxyl groups excluding tert-OH is 1. The molecule has 2 heterocycles. The van der Waals surface area contributed by atoms with E-state index >= 15 is 0 Å². The average molecular weight is 264 g/mol. The van der Waals surface area contributed by atoms with Gasteiger partial charge in [0.15, 0.2) is 0 Å². The highest BCUT2D eigenvalue weighted by atomic mass is 16.4. The van der Waals surface area contributed by atoms with Gasteiger partial charge in [-0.2, -0.15) is 0 Å². The van der Waals surface area contributed by atoms with E-state index in [0.717, 1.165) is 43.7 Å². The number of piperidine rings is 1. The van der Waals surface area contributed by atoms with Crippen molar-refractivity contribution in [2.24, 2.45) is 5.92 Å². The van der Waals surface area contributed by atoms with Gasteiger partial charge in [-0.05, 0) is 38.2 Å². The lowest BCUT2D eigenvalue weighted by Crippen LogP contribution is -2.36. The third-order valence-corrected chi connectivity index (χ3v) is 3.65. The van der Waals surface area contributed by atoms with Crippen LogP contribution in [0.1, 0.15) is 35.3 Å². The number of carboxylic acid groups (broad SMARTS) is 1. The maximum Gasteiger partial charge on any atom is 0.339 e. The summed E-state index contributed by atoms with van der Waals surface area (Å²) in [4.78, 5) is 17.5. The zero-order chi connectivity index (χ0) is 13.8. The number of rotatable bonds is 4. The Morgan fingerprint density at radius 2 is 2.37 bits per heavy atom. The minimum Gasteiger partial charge on any atom is -0.478 e. The highest BCUT2D eigenvalue weighted by Gasteiger charge is 2.23. The second-order valence-corrected chi connectivity index (χ2v) is 5.11. The fourth-order valence-electron chi connectivity index (χ4n) is 2.67. The lowest BCUT2D eigenvalue weighted by atomic mass is 9.94. The summed E-state index contributed by atoms with van der Waals surface area (Å²) in [6, 6.07) is 1.84. The molecule has 0 aliphatic carbocycles. The van der Waals surface area contributed by atoms with Gasteiger partial charge in [-0.3, -0.25) is 4.98 Å². The van der Waals surface area contributed by atoms with Gasteiger partial charge in [0.25, 0.3) is 0 Å². The van der Waals surface area contributed by atoms with Crippen molar-refractivity contribution in [3.8, 4) is 0 Å². The number of carbonyl (C=O) groups is 1. The summed E-state index contributed by atoms with van der Waals surface area (Å²) in [5.74, 6) is -0.499. The molecule has 104 valence electrons. The van der Waals surface area contributed by atoms with E-state index in [0.29, 0.717) is 5.92 Å². The number of nitrogens with zero attached hydrogens (tertiary/aromatic N) is 2. The molecule has 1 atom stereocenters. The predicted molar refractivity (Wildman–Crippen MR) is 72.6 cm³/mol. The van der Waals surface area contributed by atoms with Crippen LogP contribution < -0.4 is 4.90 Å². The Bertz CT molecular complexity index is 460. The maximum absolute atomic E-state index is 11.3. The van der Waals surface area contributed by atoms with E-state index in [1.54, 1.807) is 0 Å². The number of anilines is 1. The fraction of sp³-hybridized carbons (Fsp3) is 0.571. The third-order valence-electron chi connectivity index (χ3n) is 3.65. The maximum atomic E-state index is 11.3. The third kappa shape index (κ3) is 3.23. The van der Waals surface area contributed by atoms with Crippen molar-refractivity contribution in [2.45, 2.75) is 26.2 Å². The van der Waals surface area contributed by atoms with E-state index in [4.69, 9.17) is 5.11 Å². The Morgan fingerprint density at radius 3 is 3.05 bits per heavy atom. The van der Waals surface area contributed by atoms with Gasteiger partial charge in [0.2, 0.25) is 0 Å². The number of aromatic nitrogens is 1. The molecule has 1 aliphatic heterocycles. The van der Waals surface area contributed by atoms with Crippen molar-refractivity contribution in [1.29, 1.82) is 0 Å². The summed E-state index contributed by atoms with van der Waals surface area (Å²) in [5.41, 5.74) is 1.84. The molecule has 5 heteroatoms. The van der Waals surface area contributed by atoms with Gasteiger partial charge in [0.05, 0.1) is 5.69 Å². The highest BCUT2D eigenvalue weighted by molar-refractivity contribution is 5.94. The van der Waals surface area contributed by atoms with E-state index < -0.39 is 5.97 Å². The number of pyridine rings is 1. The summed E-state index contributed by atoms with van der Waals surface area (Å²) in [6.45, 7) is 3.74. The van der Waals surface area contributed by atoms with E-state index in [-0.39, 0.29) is 12.2 Å². The van der Waals surface area contributed by atoms with Crippen LogP contribution in [-0.2, 0) is 0 Å². The first-order valence-electron chi connectivity index (χ1n) is 6.67. The first-order valence-corrected chi connectivity index (χ1v) is 6.67. The molecule has 0 spiro atoms. The monoisotopic (exact) mass is 264 g/mol. The van der Waals surface area contributed by atoms with Gasteiger partial charge in [-0.15, -0.1) is 0 Å². The molecule has 2 rings (SSSR count). The van der Waals surface area contributed by atoms with Crippen LogP contribution in [0.25, 0.3) is 0 Å². The SMILES string of the molecule is Cc1cc(N2CCCC(CCO)C2)c(C(=O)O)cn1. The van der Waals surface area contributed by atoms with Crippen LogP contribution in [0.2, 0.25) is 0 Å². The zero-order valence-corrected chi connectivity index (χ0v) is 11.2. The molecule has 1 fully saturated rings. The van der Waals surface area contributed by atoms with E-state index in [9.17, 15) is 9.90 Å². The van der Waals surface area contributed by atoms with Gasteiger partial charge in [-0.1, -0.05) is 0 Å². The van der Waals surface area contributed by atoms with Crippen LogP contribution in [0.4, 0.5) is 5.69 Å². The predicted octanol–water partition coefficient (Wildman–Crippen LogP) is 1.69. The number of aliphatic hydroxyl groups is 1. The number of carboxylic acids is 1. The molecular weight excluding hydrogens is 244 g/mol. The smallest absolute Gasteiger partial charge is 0.339 e. The average Bonchev–Trinajstić information content (AvgIpc) is 2.39.